The van der Waals surface area contributed by atoms with Gasteiger partial charge in [-0.05, 0) is 19.1 Å². The number of nitriles is 1. The number of nitrogens with zero attached hydrogens (tertiary/aromatic N) is 1. The Kier molecular flexibility index (Phi) is 5.55. The molecular formula is C13H13F3N2O3. The van der Waals surface area contributed by atoms with Crippen LogP contribution in [0.1, 0.15) is 23.6 Å². The van der Waals surface area contributed by atoms with Crippen molar-refractivity contribution in [3.05, 3.63) is 28.8 Å². The first kappa shape index (κ1) is 16.8. The van der Waals surface area contributed by atoms with Gasteiger partial charge in [0.15, 0.2) is 0 Å². The maximum atomic E-state index is 12.5. The smallest absolute Gasteiger partial charge is 0.466 e. The standard InChI is InChI=1S/C13H13F3N2O3/c1-2-20-11(19)5-9-3-8(6-17)4-10(7-18)12(9)21-13(14,15)16/h3-4H,2,5,7,18H2,1H3. The number of hydrogen-bond acceptors (Lipinski definition) is 5. The van der Waals surface area contributed by atoms with Crippen molar-refractivity contribution in [3.8, 4) is 11.8 Å². The van der Waals surface area contributed by atoms with E-state index >= 15 is 0 Å². The monoisotopic (exact) mass is 302 g/mol. The van der Waals surface area contributed by atoms with Gasteiger partial charge in [0.25, 0.3) is 0 Å². The van der Waals surface area contributed by atoms with Gasteiger partial charge in [-0.3, -0.25) is 4.79 Å². The molecule has 0 aliphatic carbocycles. The number of esters is 1. The maximum Gasteiger partial charge on any atom is 0.573 e. The van der Waals surface area contributed by atoms with Gasteiger partial charge in [-0.25, -0.2) is 0 Å². The first-order valence-electron chi connectivity index (χ1n) is 5.98. The SMILES string of the molecule is CCOC(=O)Cc1cc(C#N)cc(CN)c1OC(F)(F)F. The quantitative estimate of drug-likeness (QED) is 0.841. The van der Waals surface area contributed by atoms with Crippen molar-refractivity contribution in [1.29, 1.82) is 5.26 Å². The lowest BCUT2D eigenvalue weighted by Crippen LogP contribution is -2.21. The zero-order chi connectivity index (χ0) is 16.0. The van der Waals surface area contributed by atoms with Gasteiger partial charge in [-0.15, -0.1) is 13.2 Å². The summed E-state index contributed by atoms with van der Waals surface area (Å²) < 4.78 is 46.0. The van der Waals surface area contributed by atoms with Crippen molar-refractivity contribution in [2.75, 3.05) is 6.61 Å². The molecule has 0 amide bonds. The van der Waals surface area contributed by atoms with Crippen LogP contribution >= 0.6 is 0 Å². The van der Waals surface area contributed by atoms with E-state index in [9.17, 15) is 18.0 Å². The Morgan fingerprint density at radius 3 is 2.48 bits per heavy atom. The lowest BCUT2D eigenvalue weighted by atomic mass is 10.0. The van der Waals surface area contributed by atoms with E-state index in [0.717, 1.165) is 6.07 Å². The number of ether oxygens (including phenoxy) is 2. The maximum absolute atomic E-state index is 12.5. The molecule has 0 fully saturated rings. The Labute approximate surface area is 119 Å². The van der Waals surface area contributed by atoms with Crippen LogP contribution in [0.2, 0.25) is 0 Å². The molecule has 0 aliphatic heterocycles. The molecule has 8 heteroatoms. The molecule has 1 aromatic carbocycles. The molecule has 2 N–H and O–H groups in total. The third-order valence-electron chi connectivity index (χ3n) is 2.45. The Hall–Kier alpha value is -2.27. The summed E-state index contributed by atoms with van der Waals surface area (Å²) in [5, 5.41) is 8.87. The molecular weight excluding hydrogens is 289 g/mol. The second-order valence-corrected chi connectivity index (χ2v) is 3.97. The summed E-state index contributed by atoms with van der Waals surface area (Å²) in [4.78, 5) is 11.5. The molecule has 1 aromatic rings. The minimum absolute atomic E-state index is 0.00864. The zero-order valence-corrected chi connectivity index (χ0v) is 11.2. The fraction of sp³-hybridized carbons (Fsp3) is 0.385. The van der Waals surface area contributed by atoms with Crippen LogP contribution in [-0.2, 0) is 22.5 Å². The highest BCUT2D eigenvalue weighted by Gasteiger charge is 2.33. The van der Waals surface area contributed by atoms with Crippen LogP contribution in [0.4, 0.5) is 13.2 Å². The van der Waals surface area contributed by atoms with E-state index < -0.39 is 24.5 Å². The number of alkyl halides is 3. The summed E-state index contributed by atoms with van der Waals surface area (Å²) in [5.74, 6) is -1.28. The largest absolute Gasteiger partial charge is 0.573 e. The molecule has 114 valence electrons. The Bertz CT molecular complexity index is 565. The summed E-state index contributed by atoms with van der Waals surface area (Å²) in [7, 11) is 0. The van der Waals surface area contributed by atoms with Crippen molar-refractivity contribution in [2.24, 2.45) is 5.73 Å². The molecule has 0 saturated heterocycles. The van der Waals surface area contributed by atoms with Gasteiger partial charge in [0, 0.05) is 17.7 Å². The van der Waals surface area contributed by atoms with E-state index in [-0.39, 0.29) is 29.8 Å². The molecule has 0 heterocycles. The van der Waals surface area contributed by atoms with Crippen molar-refractivity contribution >= 4 is 5.97 Å². The summed E-state index contributed by atoms with van der Waals surface area (Å²) >= 11 is 0. The van der Waals surface area contributed by atoms with Crippen LogP contribution in [-0.4, -0.2) is 18.9 Å². The van der Waals surface area contributed by atoms with Crippen LogP contribution in [0, 0.1) is 11.3 Å². The van der Waals surface area contributed by atoms with E-state index in [1.807, 2.05) is 0 Å². The topological polar surface area (TPSA) is 85.3 Å². The number of benzene rings is 1. The highest BCUT2D eigenvalue weighted by atomic mass is 19.4. The minimum Gasteiger partial charge on any atom is -0.466 e. The highest BCUT2D eigenvalue weighted by molar-refractivity contribution is 5.74. The number of carbonyl (C=O) groups excluding carboxylic acids is 1. The number of hydrogen-bond donors (Lipinski definition) is 1. The average Bonchev–Trinajstić information content (AvgIpc) is 2.39. The van der Waals surface area contributed by atoms with Gasteiger partial charge in [-0.1, -0.05) is 0 Å². The fourth-order valence-corrected chi connectivity index (χ4v) is 1.72. The third-order valence-corrected chi connectivity index (χ3v) is 2.45. The Balaban J connectivity index is 3.28. The van der Waals surface area contributed by atoms with Crippen LogP contribution in [0.25, 0.3) is 0 Å². The summed E-state index contributed by atoms with van der Waals surface area (Å²) in [6.07, 6.45) is -5.37. The lowest BCUT2D eigenvalue weighted by molar-refractivity contribution is -0.275. The van der Waals surface area contributed by atoms with Crippen LogP contribution in [0.5, 0.6) is 5.75 Å². The first-order valence-corrected chi connectivity index (χ1v) is 5.98. The first-order chi connectivity index (χ1) is 9.80. The van der Waals surface area contributed by atoms with E-state index in [1.54, 1.807) is 13.0 Å². The third kappa shape index (κ3) is 4.96. The Morgan fingerprint density at radius 1 is 1.38 bits per heavy atom. The van der Waals surface area contributed by atoms with E-state index in [0.29, 0.717) is 0 Å². The molecule has 0 aliphatic rings. The highest BCUT2D eigenvalue weighted by Crippen LogP contribution is 2.32. The number of carbonyl (C=O) groups is 1. The predicted octanol–water partition coefficient (Wildman–Crippen LogP) is 2.02. The Morgan fingerprint density at radius 2 is 2.00 bits per heavy atom. The molecule has 0 spiro atoms. The van der Waals surface area contributed by atoms with Gasteiger partial charge in [-0.2, -0.15) is 5.26 Å². The molecule has 0 atom stereocenters. The molecule has 0 radical (unpaired) electrons. The van der Waals surface area contributed by atoms with Crippen molar-refractivity contribution in [2.45, 2.75) is 26.3 Å². The average molecular weight is 302 g/mol. The molecule has 0 bridgehead atoms. The fourth-order valence-electron chi connectivity index (χ4n) is 1.72. The van der Waals surface area contributed by atoms with Gasteiger partial charge in [0.1, 0.15) is 5.75 Å². The van der Waals surface area contributed by atoms with Gasteiger partial charge < -0.3 is 15.2 Å². The normalized spacial score (nSPS) is 10.9. The number of nitrogens with two attached hydrogens (primary N) is 1. The number of halogens is 3. The molecule has 0 saturated carbocycles. The van der Waals surface area contributed by atoms with Crippen LogP contribution < -0.4 is 10.5 Å². The number of rotatable bonds is 5. The van der Waals surface area contributed by atoms with Crippen molar-refractivity contribution in [3.63, 3.8) is 0 Å². The van der Waals surface area contributed by atoms with Gasteiger partial charge >= 0.3 is 12.3 Å². The molecule has 1 rings (SSSR count). The summed E-state index contributed by atoms with van der Waals surface area (Å²) in [6, 6.07) is 4.13. The summed E-state index contributed by atoms with van der Waals surface area (Å²) in [5.41, 5.74) is 5.36. The van der Waals surface area contributed by atoms with Crippen LogP contribution in [0.3, 0.4) is 0 Å². The second kappa shape index (κ2) is 6.95. The van der Waals surface area contributed by atoms with Crippen molar-refractivity contribution < 1.29 is 27.4 Å². The van der Waals surface area contributed by atoms with E-state index in [1.165, 1.54) is 6.07 Å². The van der Waals surface area contributed by atoms with Gasteiger partial charge in [0.2, 0.25) is 0 Å². The zero-order valence-electron chi connectivity index (χ0n) is 11.2. The second-order valence-electron chi connectivity index (χ2n) is 3.97. The predicted molar refractivity (Wildman–Crippen MR) is 66.1 cm³/mol. The lowest BCUT2D eigenvalue weighted by Gasteiger charge is -2.17. The van der Waals surface area contributed by atoms with Gasteiger partial charge in [0.05, 0.1) is 24.7 Å². The molecule has 0 aromatic heterocycles. The van der Waals surface area contributed by atoms with E-state index in [4.69, 9.17) is 11.0 Å². The minimum atomic E-state index is -4.93. The molecule has 5 nitrogen and oxygen atoms in total. The van der Waals surface area contributed by atoms with E-state index in [2.05, 4.69) is 9.47 Å². The van der Waals surface area contributed by atoms with Crippen molar-refractivity contribution in [1.82, 2.24) is 0 Å². The molecule has 0 unspecified atom stereocenters. The summed E-state index contributed by atoms with van der Waals surface area (Å²) in [6.45, 7) is 1.40. The molecule has 21 heavy (non-hydrogen) atoms. The van der Waals surface area contributed by atoms with Crippen LogP contribution in [0.15, 0.2) is 12.1 Å².